The second kappa shape index (κ2) is 4.05. The molecule has 0 saturated heterocycles. The van der Waals surface area contributed by atoms with Gasteiger partial charge in [-0.1, -0.05) is 19.1 Å². The fourth-order valence-corrected chi connectivity index (χ4v) is 2.08. The second-order valence-corrected chi connectivity index (χ2v) is 3.99. The summed E-state index contributed by atoms with van der Waals surface area (Å²) >= 11 is 0. The minimum atomic E-state index is -0.214. The van der Waals surface area contributed by atoms with Crippen LogP contribution in [0.25, 0.3) is 0 Å². The van der Waals surface area contributed by atoms with E-state index in [-0.39, 0.29) is 5.97 Å². The fraction of sp³-hybridized carbons (Fsp3) is 0.462. The Morgan fingerprint density at radius 3 is 2.73 bits per heavy atom. The Morgan fingerprint density at radius 2 is 2.20 bits per heavy atom. The fourth-order valence-electron chi connectivity index (χ4n) is 2.08. The molecule has 2 nitrogen and oxygen atoms in total. The number of esters is 1. The molecule has 1 saturated carbocycles. The molecule has 2 rings (SSSR count). The van der Waals surface area contributed by atoms with Crippen LogP contribution in [-0.2, 0) is 11.2 Å². The van der Waals surface area contributed by atoms with Gasteiger partial charge in [0.15, 0.2) is 0 Å². The minimum Gasteiger partial charge on any atom is -0.465 e. The van der Waals surface area contributed by atoms with Crippen LogP contribution in [-0.4, -0.2) is 13.1 Å². The summed E-state index contributed by atoms with van der Waals surface area (Å²) in [5, 5.41) is 0. The van der Waals surface area contributed by atoms with Crippen LogP contribution in [0.3, 0.4) is 0 Å². The van der Waals surface area contributed by atoms with E-state index in [1.54, 1.807) is 0 Å². The molecule has 0 bridgehead atoms. The Kier molecular flexibility index (Phi) is 2.76. The highest BCUT2D eigenvalue weighted by molar-refractivity contribution is 5.91. The van der Waals surface area contributed by atoms with E-state index in [1.807, 2.05) is 12.1 Å². The zero-order chi connectivity index (χ0) is 10.8. The van der Waals surface area contributed by atoms with Gasteiger partial charge < -0.3 is 4.74 Å². The largest absolute Gasteiger partial charge is 0.465 e. The first-order valence-electron chi connectivity index (χ1n) is 5.48. The Bertz CT molecular complexity index is 378. The van der Waals surface area contributed by atoms with Gasteiger partial charge in [-0.25, -0.2) is 4.79 Å². The van der Waals surface area contributed by atoms with Crippen molar-refractivity contribution in [3.63, 3.8) is 0 Å². The topological polar surface area (TPSA) is 26.3 Å². The molecule has 0 spiro atoms. The van der Waals surface area contributed by atoms with Crippen molar-refractivity contribution in [2.75, 3.05) is 7.11 Å². The molecule has 0 aliphatic heterocycles. The van der Waals surface area contributed by atoms with Crippen molar-refractivity contribution in [1.82, 2.24) is 0 Å². The van der Waals surface area contributed by atoms with Crippen molar-refractivity contribution < 1.29 is 9.53 Å². The molecule has 0 radical (unpaired) electrons. The number of hydrogen-bond donors (Lipinski definition) is 0. The second-order valence-electron chi connectivity index (χ2n) is 3.99. The zero-order valence-corrected chi connectivity index (χ0v) is 9.25. The third-order valence-corrected chi connectivity index (χ3v) is 2.99. The van der Waals surface area contributed by atoms with E-state index in [1.165, 1.54) is 31.1 Å². The van der Waals surface area contributed by atoms with Crippen molar-refractivity contribution in [2.24, 2.45) is 0 Å². The summed E-state index contributed by atoms with van der Waals surface area (Å²) in [6.45, 7) is 2.09. The standard InChI is InChI=1S/C13H16O2/c1-3-10-11(9-7-8-9)5-4-6-12(10)13(14)15-2/h4-6,9H,3,7-8H2,1-2H3. The Morgan fingerprint density at radius 1 is 1.47 bits per heavy atom. The van der Waals surface area contributed by atoms with E-state index >= 15 is 0 Å². The smallest absolute Gasteiger partial charge is 0.338 e. The molecule has 1 fully saturated rings. The van der Waals surface area contributed by atoms with Crippen LogP contribution < -0.4 is 0 Å². The average molecular weight is 204 g/mol. The normalized spacial score (nSPS) is 15.1. The van der Waals surface area contributed by atoms with Gasteiger partial charge in [0.25, 0.3) is 0 Å². The molecule has 2 heteroatoms. The third-order valence-electron chi connectivity index (χ3n) is 2.99. The summed E-state index contributed by atoms with van der Waals surface area (Å²) < 4.78 is 4.79. The Balaban J connectivity index is 2.44. The summed E-state index contributed by atoms with van der Waals surface area (Å²) in [7, 11) is 1.44. The molecule has 0 aromatic heterocycles. The lowest BCUT2D eigenvalue weighted by molar-refractivity contribution is 0.0599. The van der Waals surface area contributed by atoms with Crippen molar-refractivity contribution >= 4 is 5.97 Å². The lowest BCUT2D eigenvalue weighted by Crippen LogP contribution is -2.07. The van der Waals surface area contributed by atoms with E-state index in [4.69, 9.17) is 4.74 Å². The molecule has 80 valence electrons. The van der Waals surface area contributed by atoms with Crippen LogP contribution in [0.2, 0.25) is 0 Å². The van der Waals surface area contributed by atoms with Gasteiger partial charge in [0.1, 0.15) is 0 Å². The van der Waals surface area contributed by atoms with Crippen LogP contribution >= 0.6 is 0 Å². The first kappa shape index (κ1) is 10.2. The first-order valence-corrected chi connectivity index (χ1v) is 5.48. The number of carbonyl (C=O) groups is 1. The summed E-state index contributed by atoms with van der Waals surface area (Å²) in [6, 6.07) is 5.96. The Hall–Kier alpha value is -1.31. The van der Waals surface area contributed by atoms with E-state index in [9.17, 15) is 4.79 Å². The molecule has 1 aromatic carbocycles. The first-order chi connectivity index (χ1) is 7.27. The van der Waals surface area contributed by atoms with Gasteiger partial charge in [-0.15, -0.1) is 0 Å². The number of hydrogen-bond acceptors (Lipinski definition) is 2. The van der Waals surface area contributed by atoms with Crippen LogP contribution in [0.1, 0.15) is 47.2 Å². The molecule has 1 aromatic rings. The highest BCUT2D eigenvalue weighted by Crippen LogP contribution is 2.42. The maximum absolute atomic E-state index is 11.6. The van der Waals surface area contributed by atoms with Crippen LogP contribution in [0.4, 0.5) is 0 Å². The zero-order valence-electron chi connectivity index (χ0n) is 9.25. The molecular weight excluding hydrogens is 188 g/mol. The van der Waals surface area contributed by atoms with Crippen molar-refractivity contribution in [3.8, 4) is 0 Å². The van der Waals surface area contributed by atoms with Crippen molar-refractivity contribution in [1.29, 1.82) is 0 Å². The molecule has 1 aliphatic rings. The predicted octanol–water partition coefficient (Wildman–Crippen LogP) is 2.91. The SMILES string of the molecule is CCc1c(C(=O)OC)cccc1C1CC1. The summed E-state index contributed by atoms with van der Waals surface area (Å²) in [5.41, 5.74) is 3.26. The van der Waals surface area contributed by atoms with Gasteiger partial charge >= 0.3 is 5.97 Å². The molecule has 0 atom stereocenters. The van der Waals surface area contributed by atoms with E-state index < -0.39 is 0 Å². The van der Waals surface area contributed by atoms with E-state index in [0.29, 0.717) is 5.92 Å². The molecule has 0 amide bonds. The molecule has 0 heterocycles. The number of benzene rings is 1. The van der Waals surface area contributed by atoms with Crippen LogP contribution in [0.15, 0.2) is 18.2 Å². The average Bonchev–Trinajstić information content (AvgIpc) is 3.10. The number of ether oxygens (including phenoxy) is 1. The minimum absolute atomic E-state index is 0.214. The lowest BCUT2D eigenvalue weighted by atomic mass is 9.96. The van der Waals surface area contributed by atoms with Crippen molar-refractivity contribution in [3.05, 3.63) is 34.9 Å². The van der Waals surface area contributed by atoms with E-state index in [2.05, 4.69) is 13.0 Å². The summed E-state index contributed by atoms with van der Waals surface area (Å²) in [4.78, 5) is 11.6. The van der Waals surface area contributed by atoms with Gasteiger partial charge in [0.2, 0.25) is 0 Å². The van der Waals surface area contributed by atoms with Gasteiger partial charge in [0, 0.05) is 0 Å². The van der Waals surface area contributed by atoms with E-state index in [0.717, 1.165) is 12.0 Å². The summed E-state index contributed by atoms with van der Waals surface area (Å²) in [5.74, 6) is 0.471. The number of carbonyl (C=O) groups excluding carboxylic acids is 1. The molecule has 0 unspecified atom stereocenters. The lowest BCUT2D eigenvalue weighted by Gasteiger charge is -2.11. The highest BCUT2D eigenvalue weighted by atomic mass is 16.5. The highest BCUT2D eigenvalue weighted by Gasteiger charge is 2.27. The molecule has 0 N–H and O–H groups in total. The van der Waals surface area contributed by atoms with Gasteiger partial charge in [-0.3, -0.25) is 0 Å². The van der Waals surface area contributed by atoms with Crippen molar-refractivity contribution in [2.45, 2.75) is 32.1 Å². The monoisotopic (exact) mass is 204 g/mol. The van der Waals surface area contributed by atoms with Gasteiger partial charge in [-0.2, -0.15) is 0 Å². The molecule has 15 heavy (non-hydrogen) atoms. The summed E-state index contributed by atoms with van der Waals surface area (Å²) in [6.07, 6.45) is 3.42. The van der Waals surface area contributed by atoms with Gasteiger partial charge in [0.05, 0.1) is 12.7 Å². The third kappa shape index (κ3) is 1.89. The number of rotatable bonds is 3. The number of methoxy groups -OCH3 is 1. The molecular formula is C13H16O2. The van der Waals surface area contributed by atoms with Gasteiger partial charge in [-0.05, 0) is 42.4 Å². The predicted molar refractivity (Wildman–Crippen MR) is 59.1 cm³/mol. The quantitative estimate of drug-likeness (QED) is 0.708. The molecule has 1 aliphatic carbocycles. The maximum Gasteiger partial charge on any atom is 0.338 e. The Labute approximate surface area is 90.3 Å². The van der Waals surface area contributed by atoms with Crippen LogP contribution in [0.5, 0.6) is 0 Å². The maximum atomic E-state index is 11.6. The van der Waals surface area contributed by atoms with Crippen LogP contribution in [0, 0.1) is 0 Å².